The van der Waals surface area contributed by atoms with Crippen molar-refractivity contribution >= 4 is 27.3 Å². The Morgan fingerprint density at radius 3 is 2.95 bits per heavy atom. The third-order valence-electron chi connectivity index (χ3n) is 2.89. The predicted octanol–water partition coefficient (Wildman–Crippen LogP) is 0.915. The zero-order valence-electron chi connectivity index (χ0n) is 10.6. The van der Waals surface area contributed by atoms with Crippen molar-refractivity contribution in [2.24, 2.45) is 5.14 Å². The Hall–Kier alpha value is -0.990. The maximum absolute atomic E-state index is 11.9. The van der Waals surface area contributed by atoms with Gasteiger partial charge in [0.2, 0.25) is 10.0 Å². The van der Waals surface area contributed by atoms with Crippen molar-refractivity contribution in [3.05, 3.63) is 15.6 Å². The van der Waals surface area contributed by atoms with Gasteiger partial charge in [-0.1, -0.05) is 0 Å². The Bertz CT molecular complexity index is 580. The van der Waals surface area contributed by atoms with Gasteiger partial charge < -0.3 is 4.74 Å². The van der Waals surface area contributed by atoms with E-state index in [4.69, 9.17) is 9.88 Å². The number of ether oxygens (including phenoxy) is 1. The van der Waals surface area contributed by atoms with Gasteiger partial charge in [0, 0.05) is 4.88 Å². The minimum Gasteiger partial charge on any atom is -0.465 e. The molecule has 0 saturated carbocycles. The Morgan fingerprint density at radius 1 is 1.58 bits per heavy atom. The standard InChI is InChI=1S/C11H16N2O4S2/c1-2-17-11(14)7-4-3-5-8-10(7)13-9(18-8)6-19(12,15)16/h7H,2-6H2,1H3,(H2,12,15,16). The van der Waals surface area contributed by atoms with Crippen molar-refractivity contribution in [2.45, 2.75) is 37.9 Å². The third kappa shape index (κ3) is 3.52. The molecule has 6 nitrogen and oxygen atoms in total. The number of aryl methyl sites for hydroxylation is 1. The minimum absolute atomic E-state index is 0.278. The highest BCUT2D eigenvalue weighted by Gasteiger charge is 2.31. The Morgan fingerprint density at radius 2 is 2.32 bits per heavy atom. The Kier molecular flexibility index (Phi) is 4.22. The molecular weight excluding hydrogens is 288 g/mol. The summed E-state index contributed by atoms with van der Waals surface area (Å²) in [5.41, 5.74) is 0.674. The van der Waals surface area contributed by atoms with Crippen LogP contribution < -0.4 is 5.14 Å². The summed E-state index contributed by atoms with van der Waals surface area (Å²) in [5, 5.41) is 5.46. The van der Waals surface area contributed by atoms with Crippen molar-refractivity contribution in [1.29, 1.82) is 0 Å². The van der Waals surface area contributed by atoms with E-state index in [1.165, 1.54) is 11.3 Å². The second-order valence-corrected chi connectivity index (χ2v) is 7.20. The molecule has 106 valence electrons. The average molecular weight is 304 g/mol. The number of aromatic nitrogens is 1. The number of rotatable bonds is 4. The first-order valence-corrected chi connectivity index (χ1v) is 8.59. The van der Waals surface area contributed by atoms with Crippen LogP contribution >= 0.6 is 11.3 Å². The van der Waals surface area contributed by atoms with Gasteiger partial charge in [-0.05, 0) is 26.2 Å². The van der Waals surface area contributed by atoms with Gasteiger partial charge in [0.1, 0.15) is 16.7 Å². The average Bonchev–Trinajstić information content (AvgIpc) is 2.68. The number of carbonyl (C=O) groups excluding carboxylic acids is 1. The fourth-order valence-corrected chi connectivity index (χ4v) is 4.28. The molecule has 0 radical (unpaired) electrons. The van der Waals surface area contributed by atoms with Gasteiger partial charge in [0.15, 0.2) is 0 Å². The van der Waals surface area contributed by atoms with E-state index >= 15 is 0 Å². The molecule has 1 aliphatic carbocycles. The highest BCUT2D eigenvalue weighted by atomic mass is 32.2. The van der Waals surface area contributed by atoms with Crippen LogP contribution in [0.3, 0.4) is 0 Å². The van der Waals surface area contributed by atoms with Gasteiger partial charge in [-0.15, -0.1) is 11.3 Å². The van der Waals surface area contributed by atoms with Crippen LogP contribution in [0.25, 0.3) is 0 Å². The van der Waals surface area contributed by atoms with Crippen molar-refractivity contribution in [3.8, 4) is 0 Å². The lowest BCUT2D eigenvalue weighted by atomic mass is 9.91. The molecule has 0 bridgehead atoms. The molecule has 0 amide bonds. The Balaban J connectivity index is 2.26. The van der Waals surface area contributed by atoms with E-state index in [0.717, 1.165) is 17.7 Å². The highest BCUT2D eigenvalue weighted by Crippen LogP contribution is 2.35. The van der Waals surface area contributed by atoms with Crippen LogP contribution in [-0.2, 0) is 31.7 Å². The van der Waals surface area contributed by atoms with Crippen LogP contribution in [-0.4, -0.2) is 26.0 Å². The second kappa shape index (κ2) is 5.56. The van der Waals surface area contributed by atoms with Crippen molar-refractivity contribution in [2.75, 3.05) is 6.61 Å². The molecule has 2 rings (SSSR count). The molecule has 1 unspecified atom stereocenters. The van der Waals surface area contributed by atoms with E-state index in [1.807, 2.05) is 0 Å². The summed E-state index contributed by atoms with van der Waals surface area (Å²) in [5.74, 6) is -0.926. The van der Waals surface area contributed by atoms with Gasteiger partial charge in [-0.3, -0.25) is 4.79 Å². The molecule has 2 N–H and O–H groups in total. The van der Waals surface area contributed by atoms with Crippen LogP contribution in [0.4, 0.5) is 0 Å². The number of sulfonamides is 1. The predicted molar refractivity (Wildman–Crippen MR) is 71.2 cm³/mol. The molecule has 8 heteroatoms. The minimum atomic E-state index is -3.59. The van der Waals surface area contributed by atoms with E-state index in [0.29, 0.717) is 23.7 Å². The Labute approximate surface area is 116 Å². The lowest BCUT2D eigenvalue weighted by molar-refractivity contribution is -0.145. The van der Waals surface area contributed by atoms with Crippen LogP contribution in [0.1, 0.15) is 41.3 Å². The number of esters is 1. The molecular formula is C11H16N2O4S2. The number of carbonyl (C=O) groups is 1. The van der Waals surface area contributed by atoms with Crippen molar-refractivity contribution in [1.82, 2.24) is 4.98 Å². The highest BCUT2D eigenvalue weighted by molar-refractivity contribution is 7.88. The smallest absolute Gasteiger partial charge is 0.315 e. The maximum atomic E-state index is 11.9. The van der Waals surface area contributed by atoms with Gasteiger partial charge in [0.05, 0.1) is 12.3 Å². The fourth-order valence-electron chi connectivity index (χ4n) is 2.18. The number of fused-ring (bicyclic) bond motifs is 1. The maximum Gasteiger partial charge on any atom is 0.315 e. The zero-order chi connectivity index (χ0) is 14.0. The van der Waals surface area contributed by atoms with E-state index < -0.39 is 10.0 Å². The summed E-state index contributed by atoms with van der Waals surface area (Å²) in [6, 6.07) is 0. The molecule has 1 aromatic rings. The second-order valence-electron chi connectivity index (χ2n) is 4.42. The van der Waals surface area contributed by atoms with E-state index in [-0.39, 0.29) is 17.6 Å². The summed E-state index contributed by atoms with van der Waals surface area (Å²) in [7, 11) is -3.59. The summed E-state index contributed by atoms with van der Waals surface area (Å²) in [4.78, 5) is 17.1. The zero-order valence-corrected chi connectivity index (χ0v) is 12.2. The first-order chi connectivity index (χ1) is 8.90. The molecule has 19 heavy (non-hydrogen) atoms. The molecule has 1 heterocycles. The molecule has 1 aliphatic rings. The van der Waals surface area contributed by atoms with Crippen LogP contribution in [0, 0.1) is 0 Å². The summed E-state index contributed by atoms with van der Waals surface area (Å²) in [6.07, 6.45) is 2.41. The van der Waals surface area contributed by atoms with Crippen LogP contribution in [0.5, 0.6) is 0 Å². The SMILES string of the molecule is CCOC(=O)C1CCCc2sc(CS(N)(=O)=O)nc21. The molecule has 0 spiro atoms. The lowest BCUT2D eigenvalue weighted by Gasteiger charge is -2.19. The summed E-state index contributed by atoms with van der Waals surface area (Å²) in [6.45, 7) is 2.09. The van der Waals surface area contributed by atoms with E-state index in [2.05, 4.69) is 4.98 Å². The number of hydrogen-bond acceptors (Lipinski definition) is 6. The molecule has 0 aliphatic heterocycles. The number of hydrogen-bond donors (Lipinski definition) is 1. The summed E-state index contributed by atoms with van der Waals surface area (Å²) < 4.78 is 27.2. The monoisotopic (exact) mass is 304 g/mol. The van der Waals surface area contributed by atoms with E-state index in [1.54, 1.807) is 6.92 Å². The van der Waals surface area contributed by atoms with Crippen LogP contribution in [0.2, 0.25) is 0 Å². The topological polar surface area (TPSA) is 99.4 Å². The molecule has 0 fully saturated rings. The number of nitrogens with zero attached hydrogens (tertiary/aromatic N) is 1. The molecule has 1 atom stereocenters. The third-order valence-corrected chi connectivity index (χ3v) is 4.88. The van der Waals surface area contributed by atoms with Gasteiger partial charge >= 0.3 is 5.97 Å². The largest absolute Gasteiger partial charge is 0.465 e. The van der Waals surface area contributed by atoms with Gasteiger partial charge in [-0.2, -0.15) is 0 Å². The number of nitrogens with two attached hydrogens (primary N) is 1. The quantitative estimate of drug-likeness (QED) is 0.834. The van der Waals surface area contributed by atoms with Crippen molar-refractivity contribution in [3.63, 3.8) is 0 Å². The first kappa shape index (κ1) is 14.4. The van der Waals surface area contributed by atoms with E-state index in [9.17, 15) is 13.2 Å². The molecule has 0 saturated heterocycles. The number of thiazole rings is 1. The molecule has 1 aromatic heterocycles. The first-order valence-electron chi connectivity index (χ1n) is 6.06. The van der Waals surface area contributed by atoms with Gasteiger partial charge in [-0.25, -0.2) is 18.5 Å². The normalized spacial score (nSPS) is 18.9. The fraction of sp³-hybridized carbons (Fsp3) is 0.636. The summed E-state index contributed by atoms with van der Waals surface area (Å²) >= 11 is 1.32. The van der Waals surface area contributed by atoms with Gasteiger partial charge in [0.25, 0.3) is 0 Å². The van der Waals surface area contributed by atoms with Crippen LogP contribution in [0.15, 0.2) is 0 Å². The van der Waals surface area contributed by atoms with Crippen molar-refractivity contribution < 1.29 is 17.9 Å². The number of primary sulfonamides is 1. The molecule has 0 aromatic carbocycles. The lowest BCUT2D eigenvalue weighted by Crippen LogP contribution is -2.20.